The normalized spacial score (nSPS) is 11.6. The van der Waals surface area contributed by atoms with E-state index in [9.17, 15) is 22.8 Å². The van der Waals surface area contributed by atoms with E-state index in [1.54, 1.807) is 54.2 Å². The Bertz CT molecular complexity index is 1630. The molecule has 2 heterocycles. The molecule has 0 saturated carbocycles. The lowest BCUT2D eigenvalue weighted by molar-refractivity contribution is -0.137. The molecule has 2 aromatic heterocycles. The Labute approximate surface area is 241 Å². The quantitative estimate of drug-likeness (QED) is 0.276. The second-order valence-electron chi connectivity index (χ2n) is 9.98. The number of likely N-dealkylation sites (N-methyl/N-ethyl adjacent to an activating group) is 1. The fourth-order valence-corrected chi connectivity index (χ4v) is 4.66. The summed E-state index contributed by atoms with van der Waals surface area (Å²) in [6.07, 6.45) is -2.40. The molecule has 0 atom stereocenters. The van der Waals surface area contributed by atoms with Gasteiger partial charge >= 0.3 is 6.18 Å². The van der Waals surface area contributed by atoms with Gasteiger partial charge < -0.3 is 29.7 Å². The summed E-state index contributed by atoms with van der Waals surface area (Å²) in [5.41, 5.74) is 0.801. The van der Waals surface area contributed by atoms with E-state index in [1.807, 2.05) is 19.0 Å². The first-order valence-corrected chi connectivity index (χ1v) is 13.0. The van der Waals surface area contributed by atoms with Crippen molar-refractivity contribution in [2.24, 2.45) is 7.05 Å². The summed E-state index contributed by atoms with van der Waals surface area (Å²) < 4.78 is 49.4. The van der Waals surface area contributed by atoms with Gasteiger partial charge in [-0.25, -0.2) is 9.97 Å². The van der Waals surface area contributed by atoms with Gasteiger partial charge in [0.2, 0.25) is 17.8 Å². The minimum Gasteiger partial charge on any atom is -0.495 e. The fraction of sp³-hybridized carbons (Fsp3) is 0.310. The zero-order valence-corrected chi connectivity index (χ0v) is 24.1. The van der Waals surface area contributed by atoms with Crippen molar-refractivity contribution in [2.75, 3.05) is 49.8 Å². The first-order chi connectivity index (χ1) is 19.8. The van der Waals surface area contributed by atoms with Gasteiger partial charge in [-0.05, 0) is 38.4 Å². The predicted octanol–water partition coefficient (Wildman–Crippen LogP) is 5.28. The number of alkyl halides is 3. The number of carbonyl (C=O) groups is 2. The summed E-state index contributed by atoms with van der Waals surface area (Å²) in [5, 5.41) is 6.21. The van der Waals surface area contributed by atoms with E-state index in [-0.39, 0.29) is 29.0 Å². The number of aromatic nitrogens is 3. The maximum atomic E-state index is 14.1. The van der Waals surface area contributed by atoms with Crippen LogP contribution in [0.1, 0.15) is 19.4 Å². The number of nitrogens with one attached hydrogen (secondary N) is 2. The predicted molar refractivity (Wildman–Crippen MR) is 156 cm³/mol. The standard InChI is InChI=1S/C29H32F3N7O3/c1-17(40)34-23-14-19(10-11-24(23)39(18(2)41)13-12-37(3)4)35-28-33-15-22(29(30,31)32)26(36-28)21-16-38(5)27-20(21)8-7-9-25(27)42-6/h7-11,14-16H,12-13H2,1-6H3,(H,34,40)(H,33,35,36). The maximum Gasteiger partial charge on any atom is 0.419 e. The number of carbonyl (C=O) groups excluding carboxylic acids is 2. The minimum atomic E-state index is -4.71. The van der Waals surface area contributed by atoms with Crippen LogP contribution in [0.2, 0.25) is 0 Å². The molecular formula is C29H32F3N7O3. The highest BCUT2D eigenvalue weighted by molar-refractivity contribution is 6.01. The monoisotopic (exact) mass is 583 g/mol. The molecule has 0 unspecified atom stereocenters. The number of methoxy groups -OCH3 is 1. The Morgan fingerprint density at radius 1 is 1.10 bits per heavy atom. The number of nitrogens with zero attached hydrogens (tertiary/aromatic N) is 5. The largest absolute Gasteiger partial charge is 0.495 e. The van der Waals surface area contributed by atoms with E-state index in [4.69, 9.17) is 4.74 Å². The van der Waals surface area contributed by atoms with Gasteiger partial charge in [0.05, 0.1) is 29.7 Å². The number of amides is 2. The first kappa shape index (κ1) is 30.3. The molecule has 4 rings (SSSR count). The average Bonchev–Trinajstić information content (AvgIpc) is 3.25. The Morgan fingerprint density at radius 2 is 1.83 bits per heavy atom. The maximum absolute atomic E-state index is 14.1. The third kappa shape index (κ3) is 6.46. The van der Waals surface area contributed by atoms with E-state index < -0.39 is 11.7 Å². The van der Waals surface area contributed by atoms with Crippen LogP contribution in [0.5, 0.6) is 5.75 Å². The Balaban J connectivity index is 1.79. The SMILES string of the molecule is COc1cccc2c(-c3nc(Nc4ccc(N(CCN(C)C)C(C)=O)c(NC(C)=O)c4)ncc3C(F)(F)F)cn(C)c12. The van der Waals surface area contributed by atoms with Crippen molar-refractivity contribution in [3.63, 3.8) is 0 Å². The van der Waals surface area contributed by atoms with Crippen molar-refractivity contribution in [1.82, 2.24) is 19.4 Å². The molecule has 10 nitrogen and oxygen atoms in total. The highest BCUT2D eigenvalue weighted by Gasteiger charge is 2.36. The third-order valence-electron chi connectivity index (χ3n) is 6.54. The molecule has 222 valence electrons. The number of rotatable bonds is 9. The molecule has 0 radical (unpaired) electrons. The molecule has 2 aromatic carbocycles. The molecule has 0 aliphatic carbocycles. The van der Waals surface area contributed by atoms with Gasteiger partial charge in [0.15, 0.2) is 0 Å². The minimum absolute atomic E-state index is 0.0875. The molecule has 0 spiro atoms. The lowest BCUT2D eigenvalue weighted by Gasteiger charge is -2.26. The van der Waals surface area contributed by atoms with E-state index >= 15 is 0 Å². The number of hydrogen-bond acceptors (Lipinski definition) is 7. The highest BCUT2D eigenvalue weighted by atomic mass is 19.4. The van der Waals surface area contributed by atoms with E-state index in [0.29, 0.717) is 46.8 Å². The zero-order chi connectivity index (χ0) is 30.8. The second-order valence-corrected chi connectivity index (χ2v) is 9.98. The van der Waals surface area contributed by atoms with Crippen LogP contribution in [0.4, 0.5) is 36.2 Å². The average molecular weight is 584 g/mol. The summed E-state index contributed by atoms with van der Waals surface area (Å²) >= 11 is 0. The summed E-state index contributed by atoms with van der Waals surface area (Å²) in [7, 11) is 6.98. The zero-order valence-electron chi connectivity index (χ0n) is 24.1. The van der Waals surface area contributed by atoms with Crippen LogP contribution in [-0.4, -0.2) is 65.5 Å². The summed E-state index contributed by atoms with van der Waals surface area (Å²) in [4.78, 5) is 36.1. The Hall–Kier alpha value is -4.65. The second kappa shape index (κ2) is 12.1. The molecule has 2 N–H and O–H groups in total. The van der Waals surface area contributed by atoms with Crippen LogP contribution in [0, 0.1) is 0 Å². The molecule has 0 fully saturated rings. The van der Waals surface area contributed by atoms with Gasteiger partial charge in [-0.2, -0.15) is 13.2 Å². The summed E-state index contributed by atoms with van der Waals surface area (Å²) in [5.74, 6) is -0.149. The lowest BCUT2D eigenvalue weighted by atomic mass is 10.1. The molecule has 4 aromatic rings. The first-order valence-electron chi connectivity index (χ1n) is 13.0. The van der Waals surface area contributed by atoms with Crippen LogP contribution in [-0.2, 0) is 22.8 Å². The van der Waals surface area contributed by atoms with Gasteiger partial charge in [0.1, 0.15) is 11.3 Å². The molecule has 13 heteroatoms. The molecule has 0 aliphatic heterocycles. The Morgan fingerprint density at radius 3 is 2.45 bits per heavy atom. The van der Waals surface area contributed by atoms with Gasteiger partial charge in [-0.1, -0.05) is 12.1 Å². The number of benzene rings is 2. The lowest BCUT2D eigenvalue weighted by Crippen LogP contribution is -2.35. The van der Waals surface area contributed by atoms with Crippen LogP contribution >= 0.6 is 0 Å². The van der Waals surface area contributed by atoms with E-state index in [0.717, 1.165) is 6.20 Å². The van der Waals surface area contributed by atoms with Crippen LogP contribution in [0.25, 0.3) is 22.2 Å². The number of halogens is 3. The number of anilines is 4. The molecule has 0 bridgehead atoms. The van der Waals surface area contributed by atoms with Crippen molar-refractivity contribution < 1.29 is 27.5 Å². The highest BCUT2D eigenvalue weighted by Crippen LogP contribution is 2.41. The van der Waals surface area contributed by atoms with Gasteiger partial charge in [-0.3, -0.25) is 9.59 Å². The Kier molecular flexibility index (Phi) is 8.71. The number of ether oxygens (including phenoxy) is 1. The number of fused-ring (bicyclic) bond motifs is 1. The van der Waals surface area contributed by atoms with Crippen LogP contribution < -0.4 is 20.3 Å². The molecule has 42 heavy (non-hydrogen) atoms. The molecular weight excluding hydrogens is 551 g/mol. The molecule has 0 aliphatic rings. The smallest absolute Gasteiger partial charge is 0.419 e. The number of hydrogen-bond donors (Lipinski definition) is 2. The van der Waals surface area contributed by atoms with Crippen LogP contribution in [0.3, 0.4) is 0 Å². The van der Waals surface area contributed by atoms with Gasteiger partial charge in [-0.15, -0.1) is 0 Å². The van der Waals surface area contributed by atoms with Gasteiger partial charge in [0.25, 0.3) is 0 Å². The fourth-order valence-electron chi connectivity index (χ4n) is 4.66. The van der Waals surface area contributed by atoms with E-state index in [1.165, 1.54) is 25.9 Å². The van der Waals surface area contributed by atoms with Crippen molar-refractivity contribution >= 4 is 45.7 Å². The molecule has 2 amide bonds. The summed E-state index contributed by atoms with van der Waals surface area (Å²) in [6.45, 7) is 3.73. The van der Waals surface area contributed by atoms with Crippen molar-refractivity contribution in [1.29, 1.82) is 0 Å². The number of para-hydroxylation sites is 1. The van der Waals surface area contributed by atoms with Crippen molar-refractivity contribution in [2.45, 2.75) is 20.0 Å². The van der Waals surface area contributed by atoms with E-state index in [2.05, 4.69) is 20.6 Å². The third-order valence-corrected chi connectivity index (χ3v) is 6.54. The van der Waals surface area contributed by atoms with Gasteiger partial charge in [0, 0.05) is 63.0 Å². The number of aryl methyl sites for hydroxylation is 1. The van der Waals surface area contributed by atoms with Crippen molar-refractivity contribution in [3.05, 3.63) is 54.4 Å². The summed E-state index contributed by atoms with van der Waals surface area (Å²) in [6, 6.07) is 9.99. The topological polar surface area (TPSA) is 105 Å². The van der Waals surface area contributed by atoms with Crippen LogP contribution in [0.15, 0.2) is 48.8 Å². The van der Waals surface area contributed by atoms with Crippen molar-refractivity contribution in [3.8, 4) is 17.0 Å². The molecule has 0 saturated heterocycles.